The topological polar surface area (TPSA) is 25.8 Å². The highest BCUT2D eigenvalue weighted by Gasteiger charge is 2.14. The molecule has 31 heavy (non-hydrogen) atoms. The Balaban J connectivity index is 1.73. The molecule has 0 fully saturated rings. The summed E-state index contributed by atoms with van der Waals surface area (Å²) in [7, 11) is 0. The molecule has 146 valence electrons. The van der Waals surface area contributed by atoms with E-state index in [1.807, 2.05) is 48.5 Å². The van der Waals surface area contributed by atoms with Crippen LogP contribution in [-0.4, -0.2) is 9.97 Å². The Labute approximate surface area is 184 Å². The van der Waals surface area contributed by atoms with Gasteiger partial charge in [0, 0.05) is 32.3 Å². The van der Waals surface area contributed by atoms with Crippen molar-refractivity contribution in [1.82, 2.24) is 9.97 Å². The summed E-state index contributed by atoms with van der Waals surface area (Å²) in [6, 6.07) is 35.0. The van der Waals surface area contributed by atoms with Crippen LogP contribution < -0.4 is 0 Å². The lowest BCUT2D eigenvalue weighted by Gasteiger charge is -2.13. The van der Waals surface area contributed by atoms with Gasteiger partial charge in [0.15, 0.2) is 0 Å². The van der Waals surface area contributed by atoms with Crippen molar-refractivity contribution >= 4 is 44.2 Å². The molecule has 2 aromatic heterocycles. The molecule has 0 bridgehead atoms. The molecule has 0 saturated heterocycles. The van der Waals surface area contributed by atoms with Crippen LogP contribution in [0.25, 0.3) is 55.1 Å². The third-order valence-corrected chi connectivity index (χ3v) is 5.94. The summed E-state index contributed by atoms with van der Waals surface area (Å²) in [5.74, 6) is 0. The molecule has 0 radical (unpaired) electrons. The van der Waals surface area contributed by atoms with Gasteiger partial charge in [-0.3, -0.25) is 0 Å². The number of halogens is 1. The van der Waals surface area contributed by atoms with Crippen molar-refractivity contribution in [3.63, 3.8) is 0 Å². The predicted octanol–water partition coefficient (Wildman–Crippen LogP) is 7.92. The van der Waals surface area contributed by atoms with Crippen molar-refractivity contribution in [2.75, 3.05) is 0 Å². The zero-order chi connectivity index (χ0) is 20.8. The Morgan fingerprint density at radius 2 is 1.19 bits per heavy atom. The number of pyridine rings is 2. The molecular weight excluding hydrogens is 400 g/mol. The van der Waals surface area contributed by atoms with E-state index in [1.54, 1.807) is 0 Å². The van der Waals surface area contributed by atoms with Crippen molar-refractivity contribution in [2.45, 2.75) is 0 Å². The normalized spacial score (nSPS) is 11.4. The molecular formula is C28H17ClN2. The summed E-state index contributed by atoms with van der Waals surface area (Å²) in [4.78, 5) is 10.0. The number of fused-ring (bicyclic) bond motifs is 5. The van der Waals surface area contributed by atoms with Crippen LogP contribution in [0.3, 0.4) is 0 Å². The van der Waals surface area contributed by atoms with Crippen LogP contribution in [0.2, 0.25) is 5.02 Å². The van der Waals surface area contributed by atoms with Crippen molar-refractivity contribution in [1.29, 1.82) is 0 Å². The molecule has 6 rings (SSSR count). The third kappa shape index (κ3) is 3.04. The molecule has 2 heterocycles. The second-order valence-corrected chi connectivity index (χ2v) is 8.04. The molecule has 0 unspecified atom stereocenters. The molecule has 6 aromatic rings. The minimum absolute atomic E-state index is 0.688. The minimum atomic E-state index is 0.688. The van der Waals surface area contributed by atoms with Crippen molar-refractivity contribution in [2.24, 2.45) is 0 Å². The van der Waals surface area contributed by atoms with Gasteiger partial charge in [0.25, 0.3) is 0 Å². The fourth-order valence-electron chi connectivity index (χ4n) is 4.26. The van der Waals surface area contributed by atoms with Gasteiger partial charge in [-0.2, -0.15) is 0 Å². The van der Waals surface area contributed by atoms with Gasteiger partial charge in [-0.1, -0.05) is 84.4 Å². The molecule has 0 spiro atoms. The molecule has 0 aliphatic rings. The molecule has 0 N–H and O–H groups in total. The molecule has 2 nitrogen and oxygen atoms in total. The Bertz CT molecular complexity index is 1580. The smallest absolute Gasteiger partial charge is 0.0794 e. The van der Waals surface area contributed by atoms with Gasteiger partial charge in [0.2, 0.25) is 0 Å². The summed E-state index contributed by atoms with van der Waals surface area (Å²) in [6.45, 7) is 0. The first-order chi connectivity index (χ1) is 15.3. The summed E-state index contributed by atoms with van der Waals surface area (Å²) in [5.41, 5.74) is 5.96. The predicted molar refractivity (Wildman–Crippen MR) is 130 cm³/mol. The highest BCUT2D eigenvalue weighted by molar-refractivity contribution is 6.31. The van der Waals surface area contributed by atoms with Crippen LogP contribution >= 0.6 is 11.6 Å². The van der Waals surface area contributed by atoms with Crippen LogP contribution in [-0.2, 0) is 0 Å². The molecule has 0 atom stereocenters. The Morgan fingerprint density at radius 1 is 0.516 bits per heavy atom. The Hall–Kier alpha value is -3.75. The lowest BCUT2D eigenvalue weighted by atomic mass is 9.96. The maximum absolute atomic E-state index is 6.29. The Morgan fingerprint density at radius 3 is 1.97 bits per heavy atom. The third-order valence-electron chi connectivity index (χ3n) is 5.71. The molecule has 4 aromatic carbocycles. The quantitative estimate of drug-likeness (QED) is 0.268. The first kappa shape index (κ1) is 18.1. The average Bonchev–Trinajstić information content (AvgIpc) is 2.83. The van der Waals surface area contributed by atoms with Crippen LogP contribution in [0.15, 0.2) is 103 Å². The first-order valence-corrected chi connectivity index (χ1v) is 10.6. The maximum Gasteiger partial charge on any atom is 0.0794 e. The first-order valence-electron chi connectivity index (χ1n) is 10.2. The number of aromatic nitrogens is 2. The van der Waals surface area contributed by atoms with Crippen molar-refractivity contribution < 1.29 is 0 Å². The molecule has 0 aliphatic heterocycles. The molecule has 0 saturated carbocycles. The van der Waals surface area contributed by atoms with Gasteiger partial charge >= 0.3 is 0 Å². The van der Waals surface area contributed by atoms with Crippen LogP contribution in [0.5, 0.6) is 0 Å². The highest BCUT2D eigenvalue weighted by atomic mass is 35.5. The van der Waals surface area contributed by atoms with Gasteiger partial charge in [-0.15, -0.1) is 0 Å². The highest BCUT2D eigenvalue weighted by Crippen LogP contribution is 2.38. The van der Waals surface area contributed by atoms with Gasteiger partial charge in [0.1, 0.15) is 0 Å². The molecule has 0 aliphatic carbocycles. The fourth-order valence-corrected chi connectivity index (χ4v) is 4.43. The SMILES string of the molecule is Clc1ccc2c(c1)nc(-c1ccccc1)c1c3ccc(-c4ccccc4)nc3ccc21. The minimum Gasteiger partial charge on any atom is -0.248 e. The summed E-state index contributed by atoms with van der Waals surface area (Å²) in [6.07, 6.45) is 0. The monoisotopic (exact) mass is 416 g/mol. The van der Waals surface area contributed by atoms with E-state index < -0.39 is 0 Å². The van der Waals surface area contributed by atoms with Crippen LogP contribution in [0.4, 0.5) is 0 Å². The van der Waals surface area contributed by atoms with Gasteiger partial charge < -0.3 is 0 Å². The lowest BCUT2D eigenvalue weighted by molar-refractivity contribution is 1.40. The van der Waals surface area contributed by atoms with E-state index in [0.29, 0.717) is 5.02 Å². The summed E-state index contributed by atoms with van der Waals surface area (Å²) < 4.78 is 0. The van der Waals surface area contributed by atoms with E-state index in [0.717, 1.165) is 55.1 Å². The molecule has 3 heteroatoms. The summed E-state index contributed by atoms with van der Waals surface area (Å²) >= 11 is 6.29. The van der Waals surface area contributed by atoms with Gasteiger partial charge in [-0.25, -0.2) is 9.97 Å². The van der Waals surface area contributed by atoms with Gasteiger partial charge in [-0.05, 0) is 35.7 Å². The van der Waals surface area contributed by atoms with E-state index in [-0.39, 0.29) is 0 Å². The molecule has 0 amide bonds. The van der Waals surface area contributed by atoms with Crippen LogP contribution in [0, 0.1) is 0 Å². The standard InChI is InChI=1S/C28H17ClN2/c29-20-11-12-21-22-13-16-25-23(14-15-24(30-25)18-7-3-1-4-8-18)27(22)28(31-26(21)17-20)19-9-5-2-6-10-19/h1-17H. The van der Waals surface area contributed by atoms with E-state index in [4.69, 9.17) is 21.6 Å². The zero-order valence-corrected chi connectivity index (χ0v) is 17.3. The number of benzene rings is 4. The second-order valence-electron chi connectivity index (χ2n) is 7.61. The van der Waals surface area contributed by atoms with Crippen molar-refractivity contribution in [3.05, 3.63) is 108 Å². The lowest BCUT2D eigenvalue weighted by Crippen LogP contribution is -1.93. The van der Waals surface area contributed by atoms with E-state index >= 15 is 0 Å². The number of hydrogen-bond donors (Lipinski definition) is 0. The zero-order valence-electron chi connectivity index (χ0n) is 16.6. The van der Waals surface area contributed by atoms with Crippen LogP contribution in [0.1, 0.15) is 0 Å². The second kappa shape index (κ2) is 7.19. The largest absolute Gasteiger partial charge is 0.248 e. The summed E-state index contributed by atoms with van der Waals surface area (Å²) in [5, 5.41) is 5.15. The maximum atomic E-state index is 6.29. The number of nitrogens with zero attached hydrogens (tertiary/aromatic N) is 2. The fraction of sp³-hybridized carbons (Fsp3) is 0. The average molecular weight is 417 g/mol. The van der Waals surface area contributed by atoms with E-state index in [1.165, 1.54) is 0 Å². The number of rotatable bonds is 2. The van der Waals surface area contributed by atoms with E-state index in [2.05, 4.69) is 54.6 Å². The van der Waals surface area contributed by atoms with Crippen molar-refractivity contribution in [3.8, 4) is 22.5 Å². The van der Waals surface area contributed by atoms with Gasteiger partial charge in [0.05, 0.1) is 22.4 Å². The van der Waals surface area contributed by atoms with E-state index in [9.17, 15) is 0 Å². The Kier molecular flexibility index (Phi) is 4.19. The number of hydrogen-bond acceptors (Lipinski definition) is 2.